The minimum absolute atomic E-state index is 0.216. The molecule has 1 unspecified atom stereocenters. The van der Waals surface area contributed by atoms with Crippen molar-refractivity contribution in [2.45, 2.75) is 18.9 Å². The third-order valence-electron chi connectivity index (χ3n) is 5.25. The lowest BCUT2D eigenvalue weighted by Gasteiger charge is -2.33. The summed E-state index contributed by atoms with van der Waals surface area (Å²) in [7, 11) is 2.13. The van der Waals surface area contributed by atoms with Gasteiger partial charge in [-0.2, -0.15) is 4.98 Å². The Bertz CT molecular complexity index is 770. The third-order valence-corrected chi connectivity index (χ3v) is 5.25. The molecule has 9 heteroatoms. The average molecular weight is 386 g/mol. The summed E-state index contributed by atoms with van der Waals surface area (Å²) in [4.78, 5) is 17.4. The third kappa shape index (κ3) is 4.66. The number of anilines is 4. The zero-order chi connectivity index (χ0) is 19.3. The smallest absolute Gasteiger partial charge is 0.229 e. The van der Waals surface area contributed by atoms with Crippen LogP contribution in [0.1, 0.15) is 12.8 Å². The maximum absolute atomic E-state index is 14.0. The minimum Gasteiger partial charge on any atom is -0.366 e. The molecule has 0 aliphatic carbocycles. The fourth-order valence-corrected chi connectivity index (χ4v) is 3.51. The van der Waals surface area contributed by atoms with Crippen molar-refractivity contribution in [2.24, 2.45) is 0 Å². The molecule has 0 spiro atoms. The number of piperazine rings is 1. The summed E-state index contributed by atoms with van der Waals surface area (Å²) in [6, 6.07) is 4.29. The van der Waals surface area contributed by atoms with Gasteiger partial charge in [0, 0.05) is 38.8 Å². The molecule has 2 aliphatic rings. The van der Waals surface area contributed by atoms with E-state index in [-0.39, 0.29) is 5.82 Å². The lowest BCUT2D eigenvalue weighted by Crippen LogP contribution is -2.44. The molecule has 0 aromatic carbocycles. The van der Waals surface area contributed by atoms with Crippen molar-refractivity contribution < 1.29 is 4.39 Å². The van der Waals surface area contributed by atoms with Crippen molar-refractivity contribution in [3.63, 3.8) is 0 Å². The van der Waals surface area contributed by atoms with Gasteiger partial charge < -0.3 is 25.8 Å². The summed E-state index contributed by atoms with van der Waals surface area (Å²) in [5, 5.41) is 9.56. The minimum atomic E-state index is -0.452. The Morgan fingerprint density at radius 2 is 2.04 bits per heavy atom. The van der Waals surface area contributed by atoms with Crippen LogP contribution < -0.4 is 20.9 Å². The number of aromatic nitrogens is 3. The quantitative estimate of drug-likeness (QED) is 0.692. The SMILES string of the molecule is CN1CCN(c2ccc(Nc3ncc(F)c(NCC4CCCN4)n3)cn2)CC1. The molecule has 8 nitrogen and oxygen atoms in total. The highest BCUT2D eigenvalue weighted by atomic mass is 19.1. The number of likely N-dealkylation sites (N-methyl/N-ethyl adjacent to an activating group) is 1. The van der Waals surface area contributed by atoms with Crippen molar-refractivity contribution in [1.29, 1.82) is 0 Å². The van der Waals surface area contributed by atoms with Gasteiger partial charge in [0.1, 0.15) is 5.82 Å². The van der Waals surface area contributed by atoms with Gasteiger partial charge in [0.25, 0.3) is 0 Å². The van der Waals surface area contributed by atoms with Gasteiger partial charge in [0.2, 0.25) is 5.95 Å². The molecule has 1 atom stereocenters. The van der Waals surface area contributed by atoms with Crippen molar-refractivity contribution in [3.8, 4) is 0 Å². The van der Waals surface area contributed by atoms with E-state index < -0.39 is 5.82 Å². The number of nitrogens with zero attached hydrogens (tertiary/aromatic N) is 5. The molecule has 0 bridgehead atoms. The fraction of sp³-hybridized carbons (Fsp3) is 0.526. The molecule has 4 rings (SSSR count). The van der Waals surface area contributed by atoms with Crippen LogP contribution in [-0.2, 0) is 0 Å². The molecule has 0 radical (unpaired) electrons. The first kappa shape index (κ1) is 18.8. The van der Waals surface area contributed by atoms with E-state index >= 15 is 0 Å². The summed E-state index contributed by atoms with van der Waals surface area (Å²) in [5.74, 6) is 1.07. The zero-order valence-electron chi connectivity index (χ0n) is 16.2. The second-order valence-corrected chi connectivity index (χ2v) is 7.38. The Hall–Kier alpha value is -2.52. The van der Waals surface area contributed by atoms with Crippen LogP contribution in [-0.4, -0.2) is 72.2 Å². The second kappa shape index (κ2) is 8.66. The Balaban J connectivity index is 1.37. The summed E-state index contributed by atoms with van der Waals surface area (Å²) in [6.45, 7) is 5.69. The molecule has 2 fully saturated rings. The van der Waals surface area contributed by atoms with Crippen molar-refractivity contribution in [1.82, 2.24) is 25.2 Å². The maximum Gasteiger partial charge on any atom is 0.229 e. The van der Waals surface area contributed by atoms with Crippen LogP contribution in [0.25, 0.3) is 0 Å². The monoisotopic (exact) mass is 386 g/mol. The van der Waals surface area contributed by atoms with Gasteiger partial charge in [0.05, 0.1) is 18.1 Å². The van der Waals surface area contributed by atoms with E-state index in [0.717, 1.165) is 57.1 Å². The van der Waals surface area contributed by atoms with E-state index in [1.54, 1.807) is 6.20 Å². The van der Waals surface area contributed by atoms with E-state index in [0.29, 0.717) is 18.5 Å². The fourth-order valence-electron chi connectivity index (χ4n) is 3.51. The van der Waals surface area contributed by atoms with Crippen LogP contribution in [0.15, 0.2) is 24.5 Å². The highest BCUT2D eigenvalue weighted by molar-refractivity contribution is 5.56. The lowest BCUT2D eigenvalue weighted by molar-refractivity contribution is 0.312. The molecular formula is C19H27FN8. The van der Waals surface area contributed by atoms with Gasteiger partial charge >= 0.3 is 0 Å². The van der Waals surface area contributed by atoms with Gasteiger partial charge in [-0.3, -0.25) is 0 Å². The molecule has 2 saturated heterocycles. The van der Waals surface area contributed by atoms with Crippen LogP contribution in [0.3, 0.4) is 0 Å². The largest absolute Gasteiger partial charge is 0.366 e. The van der Waals surface area contributed by atoms with Gasteiger partial charge in [-0.25, -0.2) is 14.4 Å². The normalized spacial score (nSPS) is 20.4. The van der Waals surface area contributed by atoms with Gasteiger partial charge in [0.15, 0.2) is 11.6 Å². The summed E-state index contributed by atoms with van der Waals surface area (Å²) >= 11 is 0. The summed E-state index contributed by atoms with van der Waals surface area (Å²) in [6.07, 6.45) is 5.19. The topological polar surface area (TPSA) is 81.2 Å². The first-order valence-corrected chi connectivity index (χ1v) is 9.84. The first-order chi connectivity index (χ1) is 13.7. The van der Waals surface area contributed by atoms with Crippen molar-refractivity contribution in [2.75, 3.05) is 61.8 Å². The Kier molecular flexibility index (Phi) is 5.82. The number of hydrogen-bond donors (Lipinski definition) is 3. The molecule has 2 aromatic rings. The Labute approximate surface area is 164 Å². The predicted octanol–water partition coefficient (Wildman–Crippen LogP) is 1.67. The molecular weight excluding hydrogens is 359 g/mol. The van der Waals surface area contributed by atoms with Crippen LogP contribution in [0.2, 0.25) is 0 Å². The van der Waals surface area contributed by atoms with E-state index in [9.17, 15) is 4.39 Å². The molecule has 150 valence electrons. The standard InChI is InChI=1S/C19H27FN8/c1-27-7-9-28(10-8-27)17-5-4-15(12-22-17)25-19-24-13-16(20)18(26-19)23-11-14-3-2-6-21-14/h4-5,12-14,21H,2-3,6-11H2,1H3,(H2,23,24,25,26). The highest BCUT2D eigenvalue weighted by Gasteiger charge is 2.16. The number of hydrogen-bond acceptors (Lipinski definition) is 8. The van der Waals surface area contributed by atoms with Gasteiger partial charge in [-0.15, -0.1) is 0 Å². The molecule has 28 heavy (non-hydrogen) atoms. The zero-order valence-corrected chi connectivity index (χ0v) is 16.2. The second-order valence-electron chi connectivity index (χ2n) is 7.38. The molecule has 0 saturated carbocycles. The molecule has 2 aliphatic heterocycles. The van der Waals surface area contributed by atoms with E-state index in [1.807, 2.05) is 12.1 Å². The summed E-state index contributed by atoms with van der Waals surface area (Å²) in [5.41, 5.74) is 0.771. The molecule has 2 aromatic heterocycles. The van der Waals surface area contributed by atoms with Crippen molar-refractivity contribution in [3.05, 3.63) is 30.3 Å². The van der Waals surface area contributed by atoms with Crippen LogP contribution in [0.4, 0.5) is 27.7 Å². The highest BCUT2D eigenvalue weighted by Crippen LogP contribution is 2.19. The summed E-state index contributed by atoms with van der Waals surface area (Å²) < 4.78 is 14.0. The average Bonchev–Trinajstić information content (AvgIpc) is 3.23. The molecule has 3 N–H and O–H groups in total. The van der Waals surface area contributed by atoms with Crippen LogP contribution in [0, 0.1) is 5.82 Å². The lowest BCUT2D eigenvalue weighted by atomic mass is 10.2. The van der Waals surface area contributed by atoms with E-state index in [4.69, 9.17) is 0 Å². The van der Waals surface area contributed by atoms with Gasteiger partial charge in [-0.1, -0.05) is 0 Å². The number of nitrogens with one attached hydrogen (secondary N) is 3. The van der Waals surface area contributed by atoms with Crippen LogP contribution >= 0.6 is 0 Å². The molecule has 0 amide bonds. The number of halogens is 1. The van der Waals surface area contributed by atoms with E-state index in [2.05, 4.69) is 47.7 Å². The maximum atomic E-state index is 14.0. The van der Waals surface area contributed by atoms with Gasteiger partial charge in [-0.05, 0) is 38.6 Å². The number of rotatable bonds is 6. The Morgan fingerprint density at radius 1 is 1.18 bits per heavy atom. The molecule has 4 heterocycles. The number of pyridine rings is 1. The van der Waals surface area contributed by atoms with Crippen molar-refractivity contribution >= 4 is 23.3 Å². The predicted molar refractivity (Wildman–Crippen MR) is 109 cm³/mol. The van der Waals surface area contributed by atoms with E-state index in [1.165, 1.54) is 6.20 Å². The Morgan fingerprint density at radius 3 is 2.75 bits per heavy atom. The van der Waals surface area contributed by atoms with Crippen LogP contribution in [0.5, 0.6) is 0 Å². The first-order valence-electron chi connectivity index (χ1n) is 9.84.